The van der Waals surface area contributed by atoms with Crippen molar-refractivity contribution in [2.24, 2.45) is 0 Å². The minimum atomic E-state index is -0.635. The highest BCUT2D eigenvalue weighted by atomic mass is 16.5. The van der Waals surface area contributed by atoms with E-state index in [9.17, 15) is 5.11 Å². The minimum Gasteiger partial charge on any atom is -0.493 e. The number of rotatable bonds is 9. The van der Waals surface area contributed by atoms with E-state index in [2.05, 4.69) is 26.8 Å². The van der Waals surface area contributed by atoms with Gasteiger partial charge in [-0.05, 0) is 24.1 Å². The Morgan fingerprint density at radius 1 is 0.935 bits per heavy atom. The van der Waals surface area contributed by atoms with Crippen LogP contribution in [0.1, 0.15) is 12.0 Å². The molecular formula is C23H37N3O5. The molecule has 3 fully saturated rings. The number of morpholine rings is 2. The summed E-state index contributed by atoms with van der Waals surface area (Å²) in [7, 11) is 1.69. The van der Waals surface area contributed by atoms with Crippen molar-refractivity contribution >= 4 is 0 Å². The number of hydrogen-bond donors (Lipinski definition) is 1. The second-order valence-corrected chi connectivity index (χ2v) is 8.86. The maximum absolute atomic E-state index is 11.1. The van der Waals surface area contributed by atoms with Crippen molar-refractivity contribution in [1.82, 2.24) is 14.7 Å². The topological polar surface area (TPSA) is 66.9 Å². The maximum Gasteiger partial charge on any atom is 0.161 e. The molecule has 1 N–H and O–H groups in total. The number of methoxy groups -OCH3 is 1. The molecule has 8 heteroatoms. The molecule has 3 heterocycles. The molecule has 0 aromatic heterocycles. The van der Waals surface area contributed by atoms with E-state index in [1.54, 1.807) is 7.11 Å². The summed E-state index contributed by atoms with van der Waals surface area (Å²) in [5, 5.41) is 11.1. The van der Waals surface area contributed by atoms with E-state index in [-0.39, 0.29) is 0 Å². The third-order valence-electron chi connectivity index (χ3n) is 6.44. The van der Waals surface area contributed by atoms with Crippen molar-refractivity contribution in [3.63, 3.8) is 0 Å². The third-order valence-corrected chi connectivity index (χ3v) is 6.44. The van der Waals surface area contributed by atoms with Crippen LogP contribution < -0.4 is 9.47 Å². The number of ether oxygens (including phenoxy) is 4. The van der Waals surface area contributed by atoms with Gasteiger partial charge in [0.1, 0.15) is 6.61 Å². The second-order valence-electron chi connectivity index (χ2n) is 8.86. The Hall–Kier alpha value is -1.42. The van der Waals surface area contributed by atoms with Gasteiger partial charge in [0.05, 0.1) is 39.1 Å². The summed E-state index contributed by atoms with van der Waals surface area (Å²) < 4.78 is 22.4. The monoisotopic (exact) mass is 435 g/mol. The predicted molar refractivity (Wildman–Crippen MR) is 118 cm³/mol. The van der Waals surface area contributed by atoms with E-state index in [1.165, 1.54) is 5.56 Å². The number of nitrogens with zero attached hydrogens (tertiary/aromatic N) is 3. The predicted octanol–water partition coefficient (Wildman–Crippen LogP) is 0.675. The first-order valence-electron chi connectivity index (χ1n) is 11.5. The minimum absolute atomic E-state index is 0.635. The molecular weight excluding hydrogens is 398 g/mol. The van der Waals surface area contributed by atoms with E-state index in [1.807, 2.05) is 6.07 Å². The van der Waals surface area contributed by atoms with E-state index >= 15 is 0 Å². The van der Waals surface area contributed by atoms with Crippen molar-refractivity contribution in [3.05, 3.63) is 23.8 Å². The fourth-order valence-electron chi connectivity index (χ4n) is 4.68. The van der Waals surface area contributed by atoms with Crippen LogP contribution in [0.15, 0.2) is 18.2 Å². The Bertz CT molecular complexity index is 694. The lowest BCUT2D eigenvalue weighted by Gasteiger charge is -2.33. The summed E-state index contributed by atoms with van der Waals surface area (Å²) in [6.07, 6.45) is 0.810. The lowest BCUT2D eigenvalue weighted by atomic mass is 10.0. The summed E-state index contributed by atoms with van der Waals surface area (Å²) >= 11 is 0. The van der Waals surface area contributed by atoms with Gasteiger partial charge in [-0.15, -0.1) is 0 Å². The Labute approximate surface area is 185 Å². The lowest BCUT2D eigenvalue weighted by Crippen LogP contribution is -2.48. The zero-order valence-electron chi connectivity index (χ0n) is 18.8. The summed E-state index contributed by atoms with van der Waals surface area (Å²) in [4.78, 5) is 7.00. The summed E-state index contributed by atoms with van der Waals surface area (Å²) in [5.74, 6) is 1.55. The largest absolute Gasteiger partial charge is 0.493 e. The zero-order valence-corrected chi connectivity index (χ0v) is 18.8. The fourth-order valence-corrected chi connectivity index (χ4v) is 4.68. The smallest absolute Gasteiger partial charge is 0.161 e. The van der Waals surface area contributed by atoms with Crippen LogP contribution in [-0.2, 0) is 16.0 Å². The highest BCUT2D eigenvalue weighted by molar-refractivity contribution is 5.43. The zero-order chi connectivity index (χ0) is 21.5. The van der Waals surface area contributed by atoms with Crippen molar-refractivity contribution in [3.8, 4) is 11.5 Å². The van der Waals surface area contributed by atoms with Crippen LogP contribution in [0.5, 0.6) is 11.5 Å². The first-order valence-corrected chi connectivity index (χ1v) is 11.5. The van der Waals surface area contributed by atoms with Gasteiger partial charge in [-0.1, -0.05) is 6.07 Å². The summed E-state index contributed by atoms with van der Waals surface area (Å²) in [5.41, 5.74) is 0.539. The normalized spacial score (nSPS) is 26.3. The molecule has 1 aromatic carbocycles. The van der Waals surface area contributed by atoms with Crippen molar-refractivity contribution in [1.29, 1.82) is 0 Å². The lowest BCUT2D eigenvalue weighted by molar-refractivity contribution is -0.0266. The Kier molecular flexibility index (Phi) is 8.03. The van der Waals surface area contributed by atoms with Crippen molar-refractivity contribution in [2.75, 3.05) is 92.5 Å². The van der Waals surface area contributed by atoms with Crippen LogP contribution in [0.2, 0.25) is 0 Å². The van der Waals surface area contributed by atoms with E-state index in [4.69, 9.17) is 18.9 Å². The maximum atomic E-state index is 11.1. The van der Waals surface area contributed by atoms with Gasteiger partial charge in [0.15, 0.2) is 11.5 Å². The first-order chi connectivity index (χ1) is 15.1. The SMILES string of the molecule is COc1cc(CN2CCC(O)(CN3CCOCC3)C2)ccc1OCCN1CCOCC1. The van der Waals surface area contributed by atoms with Crippen LogP contribution in [0.3, 0.4) is 0 Å². The molecule has 4 rings (SSSR count). The quantitative estimate of drug-likeness (QED) is 0.607. The summed E-state index contributed by atoms with van der Waals surface area (Å²) in [6.45, 7) is 11.5. The number of aliphatic hydroxyl groups is 1. The number of β-amino-alcohol motifs (C(OH)–C–C–N with tert-alkyl or cyclic N) is 1. The summed E-state index contributed by atoms with van der Waals surface area (Å²) in [6, 6.07) is 6.17. The number of hydrogen-bond acceptors (Lipinski definition) is 8. The van der Waals surface area contributed by atoms with Crippen molar-refractivity contribution in [2.45, 2.75) is 18.6 Å². The molecule has 3 aliphatic heterocycles. The van der Waals surface area contributed by atoms with E-state index < -0.39 is 5.60 Å². The fraction of sp³-hybridized carbons (Fsp3) is 0.739. The molecule has 3 aliphatic rings. The molecule has 0 saturated carbocycles. The molecule has 8 nitrogen and oxygen atoms in total. The molecule has 3 saturated heterocycles. The second kappa shape index (κ2) is 10.9. The van der Waals surface area contributed by atoms with Gasteiger partial charge in [-0.3, -0.25) is 14.7 Å². The van der Waals surface area contributed by atoms with Gasteiger partial charge in [0, 0.05) is 58.9 Å². The van der Waals surface area contributed by atoms with Crippen molar-refractivity contribution < 1.29 is 24.1 Å². The molecule has 1 aromatic rings. The number of benzene rings is 1. The molecule has 0 aliphatic carbocycles. The Morgan fingerprint density at radius 2 is 1.65 bits per heavy atom. The molecule has 31 heavy (non-hydrogen) atoms. The van der Waals surface area contributed by atoms with E-state index in [0.29, 0.717) is 13.2 Å². The Balaban J connectivity index is 1.26. The van der Waals surface area contributed by atoms with E-state index in [0.717, 1.165) is 96.7 Å². The van der Waals surface area contributed by atoms with Gasteiger partial charge >= 0.3 is 0 Å². The Morgan fingerprint density at radius 3 is 2.35 bits per heavy atom. The first kappa shape index (κ1) is 22.8. The van der Waals surface area contributed by atoms with Crippen LogP contribution in [0.4, 0.5) is 0 Å². The van der Waals surface area contributed by atoms with Crippen LogP contribution in [0, 0.1) is 0 Å². The average molecular weight is 436 g/mol. The molecule has 0 spiro atoms. The number of likely N-dealkylation sites (tertiary alicyclic amines) is 1. The van der Waals surface area contributed by atoms with Gasteiger partial charge in [-0.2, -0.15) is 0 Å². The average Bonchev–Trinajstić information content (AvgIpc) is 3.15. The molecule has 0 bridgehead atoms. The van der Waals surface area contributed by atoms with Gasteiger partial charge < -0.3 is 24.1 Å². The van der Waals surface area contributed by atoms with Gasteiger partial charge in [0.25, 0.3) is 0 Å². The highest BCUT2D eigenvalue weighted by Gasteiger charge is 2.37. The van der Waals surface area contributed by atoms with Crippen LogP contribution >= 0.6 is 0 Å². The highest BCUT2D eigenvalue weighted by Crippen LogP contribution is 2.30. The third kappa shape index (κ3) is 6.54. The van der Waals surface area contributed by atoms with Crippen LogP contribution in [0.25, 0.3) is 0 Å². The molecule has 1 atom stereocenters. The molecule has 0 radical (unpaired) electrons. The van der Waals surface area contributed by atoms with Crippen LogP contribution in [-0.4, -0.2) is 118 Å². The standard InChI is InChI=1S/C23H37N3O5/c1-28-22-16-20(2-3-21(22)31-15-10-24-6-11-29-12-7-24)17-26-5-4-23(27,19-26)18-25-8-13-30-14-9-25/h2-3,16,27H,4-15,17-19H2,1H3. The van der Waals surface area contributed by atoms with Gasteiger partial charge in [0.2, 0.25) is 0 Å². The molecule has 0 amide bonds. The van der Waals surface area contributed by atoms with Gasteiger partial charge in [-0.25, -0.2) is 0 Å². The molecule has 1 unspecified atom stereocenters. The molecule has 174 valence electrons.